The molecule has 0 unspecified atom stereocenters. The van der Waals surface area contributed by atoms with Crippen LogP contribution in [0.25, 0.3) is 0 Å². The molecular weight excluding hydrogens is 228 g/mol. The number of hydrogen-bond acceptors (Lipinski definition) is 2. The summed E-state index contributed by atoms with van der Waals surface area (Å²) in [6.07, 6.45) is 1.80. The second-order valence-electron chi connectivity index (χ2n) is 4.76. The molecule has 1 fully saturated rings. The molecule has 2 amide bonds. The van der Waals surface area contributed by atoms with Gasteiger partial charge in [-0.15, -0.1) is 0 Å². The molecular formula is C14H28N2O2. The second kappa shape index (κ2) is 8.11. The van der Waals surface area contributed by atoms with Crippen LogP contribution >= 0.6 is 0 Å². The molecule has 1 heterocycles. The number of likely N-dealkylation sites (tertiary alicyclic amines) is 1. The summed E-state index contributed by atoms with van der Waals surface area (Å²) in [7, 11) is 0. The summed E-state index contributed by atoms with van der Waals surface area (Å²) < 4.78 is 0. The summed E-state index contributed by atoms with van der Waals surface area (Å²) in [6.45, 7) is 12.9. The topological polar surface area (TPSA) is 40.6 Å². The van der Waals surface area contributed by atoms with Crippen molar-refractivity contribution in [1.82, 2.24) is 9.80 Å². The van der Waals surface area contributed by atoms with E-state index >= 15 is 0 Å². The standard InChI is InChI=1S/C12H22N2O2.C2H6/c1-9(2)14(11(4)16)12-5-7-13(8-6-12)10(3)15;1-2/h9,12H,5-8H2,1-4H3;1-2H3. The van der Waals surface area contributed by atoms with E-state index in [1.54, 1.807) is 13.8 Å². The quantitative estimate of drug-likeness (QED) is 0.760. The van der Waals surface area contributed by atoms with Crippen LogP contribution in [0.3, 0.4) is 0 Å². The molecule has 1 saturated heterocycles. The Hall–Kier alpha value is -1.06. The van der Waals surface area contributed by atoms with E-state index in [0.717, 1.165) is 25.9 Å². The molecule has 0 atom stereocenters. The third-order valence-electron chi connectivity index (χ3n) is 3.22. The minimum absolute atomic E-state index is 0.135. The van der Waals surface area contributed by atoms with E-state index in [-0.39, 0.29) is 17.9 Å². The molecule has 18 heavy (non-hydrogen) atoms. The summed E-state index contributed by atoms with van der Waals surface area (Å²) in [5.41, 5.74) is 0. The van der Waals surface area contributed by atoms with Crippen molar-refractivity contribution in [2.24, 2.45) is 0 Å². The largest absolute Gasteiger partial charge is 0.343 e. The molecule has 0 aliphatic carbocycles. The summed E-state index contributed by atoms with van der Waals surface area (Å²) in [6, 6.07) is 0.541. The van der Waals surface area contributed by atoms with E-state index in [2.05, 4.69) is 0 Å². The lowest BCUT2D eigenvalue weighted by atomic mass is 10.0. The zero-order chi connectivity index (χ0) is 14.3. The Morgan fingerprint density at radius 3 is 1.83 bits per heavy atom. The summed E-state index contributed by atoms with van der Waals surface area (Å²) in [5, 5.41) is 0. The third kappa shape index (κ3) is 4.67. The monoisotopic (exact) mass is 256 g/mol. The molecule has 0 aromatic heterocycles. The SMILES string of the molecule is CC.CC(=O)N1CCC(N(C(C)=O)C(C)C)CC1. The van der Waals surface area contributed by atoms with E-state index in [9.17, 15) is 9.59 Å². The predicted octanol–water partition coefficient (Wildman–Crippen LogP) is 2.28. The number of carbonyl (C=O) groups excluding carboxylic acids is 2. The highest BCUT2D eigenvalue weighted by atomic mass is 16.2. The molecule has 1 rings (SSSR count). The highest BCUT2D eigenvalue weighted by Gasteiger charge is 2.28. The second-order valence-corrected chi connectivity index (χ2v) is 4.76. The molecule has 0 aromatic rings. The molecule has 106 valence electrons. The molecule has 0 bridgehead atoms. The number of nitrogens with zero attached hydrogens (tertiary/aromatic N) is 2. The highest BCUT2D eigenvalue weighted by Crippen LogP contribution is 2.19. The van der Waals surface area contributed by atoms with Crippen LogP contribution in [0, 0.1) is 0 Å². The van der Waals surface area contributed by atoms with Crippen molar-refractivity contribution in [3.63, 3.8) is 0 Å². The first-order valence-corrected chi connectivity index (χ1v) is 6.98. The normalized spacial score (nSPS) is 16.1. The zero-order valence-electron chi connectivity index (χ0n) is 12.7. The summed E-state index contributed by atoms with van der Waals surface area (Å²) in [4.78, 5) is 26.5. The Labute approximate surface area is 111 Å². The first kappa shape index (κ1) is 16.9. The van der Waals surface area contributed by atoms with Crippen molar-refractivity contribution in [1.29, 1.82) is 0 Å². The molecule has 4 nitrogen and oxygen atoms in total. The van der Waals surface area contributed by atoms with Gasteiger partial charge in [0, 0.05) is 39.0 Å². The van der Waals surface area contributed by atoms with Crippen molar-refractivity contribution in [2.45, 2.75) is 66.5 Å². The predicted molar refractivity (Wildman–Crippen MR) is 74.3 cm³/mol. The van der Waals surface area contributed by atoms with Gasteiger partial charge >= 0.3 is 0 Å². The van der Waals surface area contributed by atoms with Gasteiger partial charge in [-0.2, -0.15) is 0 Å². The van der Waals surface area contributed by atoms with Crippen molar-refractivity contribution >= 4 is 11.8 Å². The molecule has 0 saturated carbocycles. The van der Waals surface area contributed by atoms with Crippen LogP contribution in [0.5, 0.6) is 0 Å². The van der Waals surface area contributed by atoms with Crippen LogP contribution in [0.1, 0.15) is 54.4 Å². The van der Waals surface area contributed by atoms with Gasteiger partial charge < -0.3 is 9.80 Å². The van der Waals surface area contributed by atoms with Crippen LogP contribution in [0.15, 0.2) is 0 Å². The fraction of sp³-hybridized carbons (Fsp3) is 0.857. The Kier molecular flexibility index (Phi) is 7.64. The Balaban J connectivity index is 0.00000137. The Morgan fingerprint density at radius 1 is 1.11 bits per heavy atom. The highest BCUT2D eigenvalue weighted by molar-refractivity contribution is 5.74. The van der Waals surface area contributed by atoms with E-state index in [0.29, 0.717) is 6.04 Å². The van der Waals surface area contributed by atoms with Crippen molar-refractivity contribution in [3.05, 3.63) is 0 Å². The van der Waals surface area contributed by atoms with Gasteiger partial charge in [-0.25, -0.2) is 0 Å². The molecule has 0 spiro atoms. The summed E-state index contributed by atoms with van der Waals surface area (Å²) in [5.74, 6) is 0.272. The lowest BCUT2D eigenvalue weighted by molar-refractivity contribution is -0.135. The van der Waals surface area contributed by atoms with Crippen molar-refractivity contribution in [3.8, 4) is 0 Å². The van der Waals surface area contributed by atoms with Crippen LogP contribution < -0.4 is 0 Å². The lowest BCUT2D eigenvalue weighted by Gasteiger charge is -2.40. The van der Waals surface area contributed by atoms with Crippen LogP contribution in [0.4, 0.5) is 0 Å². The molecule has 0 N–H and O–H groups in total. The average molecular weight is 256 g/mol. The maximum Gasteiger partial charge on any atom is 0.219 e. The Bertz CT molecular complexity index is 269. The van der Waals surface area contributed by atoms with Crippen molar-refractivity contribution < 1.29 is 9.59 Å². The van der Waals surface area contributed by atoms with Crippen LogP contribution in [0.2, 0.25) is 0 Å². The lowest BCUT2D eigenvalue weighted by Crippen LogP contribution is -2.50. The first-order chi connectivity index (χ1) is 8.43. The molecule has 0 aromatic carbocycles. The zero-order valence-corrected chi connectivity index (χ0v) is 12.7. The molecule has 1 aliphatic rings. The fourth-order valence-corrected chi connectivity index (χ4v) is 2.50. The van der Waals surface area contributed by atoms with Gasteiger partial charge in [-0.05, 0) is 26.7 Å². The van der Waals surface area contributed by atoms with Gasteiger partial charge in [0.25, 0.3) is 0 Å². The number of amides is 2. The van der Waals surface area contributed by atoms with Gasteiger partial charge in [0.2, 0.25) is 11.8 Å². The van der Waals surface area contributed by atoms with E-state index in [4.69, 9.17) is 0 Å². The van der Waals surface area contributed by atoms with Crippen LogP contribution in [-0.2, 0) is 9.59 Å². The van der Waals surface area contributed by atoms with E-state index < -0.39 is 0 Å². The third-order valence-corrected chi connectivity index (χ3v) is 3.22. The molecule has 4 heteroatoms. The molecule has 0 radical (unpaired) electrons. The Morgan fingerprint density at radius 2 is 1.56 bits per heavy atom. The summed E-state index contributed by atoms with van der Waals surface area (Å²) >= 11 is 0. The minimum atomic E-state index is 0.135. The van der Waals surface area contributed by atoms with Crippen molar-refractivity contribution in [2.75, 3.05) is 13.1 Å². The van der Waals surface area contributed by atoms with Crippen LogP contribution in [-0.4, -0.2) is 46.8 Å². The number of rotatable bonds is 2. The number of hydrogen-bond donors (Lipinski definition) is 0. The van der Waals surface area contributed by atoms with Gasteiger partial charge in [-0.3, -0.25) is 9.59 Å². The smallest absolute Gasteiger partial charge is 0.219 e. The van der Waals surface area contributed by atoms with E-state index in [1.807, 2.05) is 37.5 Å². The van der Waals surface area contributed by atoms with Gasteiger partial charge in [0.05, 0.1) is 0 Å². The number of piperidine rings is 1. The van der Waals surface area contributed by atoms with E-state index in [1.165, 1.54) is 0 Å². The first-order valence-electron chi connectivity index (χ1n) is 6.98. The van der Waals surface area contributed by atoms with Gasteiger partial charge in [0.15, 0.2) is 0 Å². The maximum atomic E-state index is 11.5. The average Bonchev–Trinajstić information content (AvgIpc) is 2.31. The minimum Gasteiger partial charge on any atom is -0.343 e. The molecule has 1 aliphatic heterocycles. The number of carbonyl (C=O) groups is 2. The van der Waals surface area contributed by atoms with Gasteiger partial charge in [-0.1, -0.05) is 13.8 Å². The fourth-order valence-electron chi connectivity index (χ4n) is 2.50. The van der Waals surface area contributed by atoms with Gasteiger partial charge in [0.1, 0.15) is 0 Å². The maximum absolute atomic E-state index is 11.5.